The van der Waals surface area contributed by atoms with Crippen molar-refractivity contribution >= 4 is 65.1 Å². The molecule has 0 bridgehead atoms. The van der Waals surface area contributed by atoms with Crippen molar-refractivity contribution in [3.63, 3.8) is 0 Å². The van der Waals surface area contributed by atoms with Crippen LogP contribution in [0.1, 0.15) is 50.8 Å². The molecular weight excluding hydrogens is 821 g/mol. The molecule has 22 nitrogen and oxygen atoms in total. The number of thioether (sulfide) groups is 1. The fraction of sp³-hybridized carbons (Fsp3) is 0.526. The van der Waals surface area contributed by atoms with E-state index in [0.29, 0.717) is 23.4 Å². The highest BCUT2D eigenvalue weighted by Gasteiger charge is 2.39. The van der Waals surface area contributed by atoms with Crippen molar-refractivity contribution in [1.29, 1.82) is 0 Å². The van der Waals surface area contributed by atoms with E-state index < -0.39 is 115 Å². The van der Waals surface area contributed by atoms with Gasteiger partial charge in [-0.05, 0) is 50.7 Å². The number of carbonyl (C=O) groups excluding carboxylic acids is 7. The number of nitrogens with two attached hydrogens (primary N) is 1. The van der Waals surface area contributed by atoms with Gasteiger partial charge in [0.2, 0.25) is 41.4 Å². The molecule has 7 amide bonds. The highest BCUT2D eigenvalue weighted by Crippen LogP contribution is 2.19. The van der Waals surface area contributed by atoms with Gasteiger partial charge in [0.05, 0.1) is 25.4 Å². The van der Waals surface area contributed by atoms with Crippen molar-refractivity contribution in [3.8, 4) is 0 Å². The number of aliphatic hydroxyl groups is 1. The average molecular weight is 875 g/mol. The van der Waals surface area contributed by atoms with Crippen molar-refractivity contribution in [3.05, 3.63) is 54.1 Å². The number of rotatable bonds is 24. The Hall–Kier alpha value is -6.07. The number of hydrogen-bond donors (Lipinski definition) is 11. The van der Waals surface area contributed by atoms with E-state index in [2.05, 4.69) is 41.9 Å². The van der Waals surface area contributed by atoms with E-state index in [4.69, 9.17) is 5.73 Å². The Balaban J connectivity index is 1.69. The lowest BCUT2D eigenvalue weighted by Gasteiger charge is -2.28. The van der Waals surface area contributed by atoms with Crippen molar-refractivity contribution in [2.75, 3.05) is 25.1 Å². The van der Waals surface area contributed by atoms with Gasteiger partial charge in [0.25, 0.3) is 0 Å². The molecule has 23 heteroatoms. The summed E-state index contributed by atoms with van der Waals surface area (Å²) in [5.41, 5.74) is 6.77. The Morgan fingerprint density at radius 2 is 1.48 bits per heavy atom. The second kappa shape index (κ2) is 24.3. The number of amides is 7. The van der Waals surface area contributed by atoms with Crippen LogP contribution >= 0.6 is 11.8 Å². The van der Waals surface area contributed by atoms with Gasteiger partial charge in [-0.3, -0.25) is 38.4 Å². The molecule has 0 spiro atoms. The number of nitrogens with zero attached hydrogens (tertiary/aromatic N) is 2. The maximum Gasteiger partial charge on any atom is 0.326 e. The maximum absolute atomic E-state index is 13.8. The maximum atomic E-state index is 13.8. The molecule has 12 N–H and O–H groups in total. The summed E-state index contributed by atoms with van der Waals surface area (Å²) in [7, 11) is 0. The lowest BCUT2D eigenvalue weighted by Crippen LogP contribution is -2.59. The van der Waals surface area contributed by atoms with Crippen molar-refractivity contribution < 1.29 is 58.5 Å². The highest BCUT2D eigenvalue weighted by atomic mass is 32.2. The second-order valence-corrected chi connectivity index (χ2v) is 15.4. The second-order valence-electron chi connectivity index (χ2n) is 14.4. The van der Waals surface area contributed by atoms with Gasteiger partial charge in [0, 0.05) is 31.3 Å². The lowest BCUT2D eigenvalue weighted by atomic mass is 10.0. The Labute approximate surface area is 355 Å². The lowest BCUT2D eigenvalue weighted by molar-refractivity contribution is -0.150. The molecule has 0 radical (unpaired) electrons. The number of aromatic nitrogens is 2. The number of benzene rings is 1. The molecule has 8 atom stereocenters. The summed E-state index contributed by atoms with van der Waals surface area (Å²) in [6, 6.07) is -0.822. The van der Waals surface area contributed by atoms with Crippen LogP contribution in [0, 0.1) is 0 Å². The summed E-state index contributed by atoms with van der Waals surface area (Å²) >= 11 is 1.36. The normalized spacial score (nSPS) is 16.9. The van der Waals surface area contributed by atoms with Gasteiger partial charge < -0.3 is 62.8 Å². The Morgan fingerprint density at radius 1 is 0.852 bits per heavy atom. The van der Waals surface area contributed by atoms with Gasteiger partial charge >= 0.3 is 11.9 Å². The van der Waals surface area contributed by atoms with Crippen LogP contribution in [0.4, 0.5) is 0 Å². The van der Waals surface area contributed by atoms with Crippen LogP contribution in [0.25, 0.3) is 0 Å². The summed E-state index contributed by atoms with van der Waals surface area (Å²) in [6.07, 6.45) is 2.89. The molecule has 0 unspecified atom stereocenters. The Bertz CT molecular complexity index is 1850. The van der Waals surface area contributed by atoms with E-state index in [1.54, 1.807) is 36.6 Å². The van der Waals surface area contributed by atoms with Gasteiger partial charge in [-0.1, -0.05) is 30.3 Å². The zero-order valence-electron chi connectivity index (χ0n) is 33.9. The van der Waals surface area contributed by atoms with E-state index in [9.17, 15) is 58.5 Å². The minimum atomic E-state index is -1.66. The van der Waals surface area contributed by atoms with E-state index in [1.807, 2.05) is 0 Å². The summed E-state index contributed by atoms with van der Waals surface area (Å²) in [4.78, 5) is 124. The summed E-state index contributed by atoms with van der Waals surface area (Å²) in [5.74, 6) is -8.18. The van der Waals surface area contributed by atoms with Crippen LogP contribution < -0.4 is 37.6 Å². The first-order chi connectivity index (χ1) is 28.9. The van der Waals surface area contributed by atoms with Crippen LogP contribution in [0.2, 0.25) is 0 Å². The van der Waals surface area contributed by atoms with Gasteiger partial charge in [0.15, 0.2) is 0 Å². The monoisotopic (exact) mass is 874 g/mol. The third-order valence-corrected chi connectivity index (χ3v) is 10.2. The molecule has 2 aromatic rings. The third-order valence-electron chi connectivity index (χ3n) is 9.60. The van der Waals surface area contributed by atoms with Gasteiger partial charge in [-0.15, -0.1) is 0 Å². The molecule has 3 rings (SSSR count). The van der Waals surface area contributed by atoms with Crippen LogP contribution in [-0.2, 0) is 56.0 Å². The number of carbonyl (C=O) groups is 9. The molecule has 1 aliphatic rings. The number of H-pyrrole nitrogens is 1. The molecular formula is C38H54N10O12S. The molecule has 0 aliphatic carbocycles. The minimum absolute atomic E-state index is 0.0464. The van der Waals surface area contributed by atoms with Crippen LogP contribution in [-0.4, -0.2) is 157 Å². The molecule has 2 heterocycles. The van der Waals surface area contributed by atoms with Crippen molar-refractivity contribution in [2.24, 2.45) is 5.73 Å². The number of imidazole rings is 1. The zero-order chi connectivity index (χ0) is 45.2. The standard InChI is InChI=1S/C38H54N10O12S/c1-20(43-34(55)26(15-23-17-40-19-42-23)46-36(57)31(39)21(2)49)32(53)41-18-29(50)44-24(11-13-61-3)33(54)45-25(14-22-8-5-4-6-9-22)35(56)47-27(16-30(51)52)37(58)48-12-7-10-28(48)38(59)60/h4-6,8-9,17,19-21,24-28,31,49H,7,10-16,18,39H2,1-3H3,(H,40,42)(H,41,53)(H,43,55)(H,44,50)(H,45,54)(H,46,57)(H,47,56)(H,51,52)(H,59,60)/t20-,21+,24-,25-,26-,27-,28-,31-/m0/s1. The number of hydrogen-bond acceptors (Lipinski definition) is 13. The molecule has 1 aliphatic heterocycles. The van der Waals surface area contributed by atoms with E-state index >= 15 is 0 Å². The fourth-order valence-corrected chi connectivity index (χ4v) is 6.70. The van der Waals surface area contributed by atoms with Crippen LogP contribution in [0.15, 0.2) is 42.9 Å². The number of likely N-dealkylation sites (tertiary alicyclic amines) is 1. The molecule has 1 aromatic heterocycles. The number of carboxylic acids is 2. The van der Waals surface area contributed by atoms with Gasteiger partial charge in [-0.25, -0.2) is 9.78 Å². The van der Waals surface area contributed by atoms with Crippen LogP contribution in [0.3, 0.4) is 0 Å². The topological polar surface area (TPSA) is 344 Å². The SMILES string of the molecule is CSCC[C@H](NC(=O)CNC(=O)[C@H](C)NC(=O)[C@H](Cc1cnc[nH]1)NC(=O)[C@@H](N)[C@@H](C)O)C(=O)N[C@@H](Cc1ccccc1)C(=O)N[C@@H](CC(=O)O)C(=O)N1CCC[C@H]1C(=O)O. The Kier molecular flexibility index (Phi) is 19.6. The molecule has 334 valence electrons. The van der Waals surface area contributed by atoms with Crippen LogP contribution in [0.5, 0.6) is 0 Å². The molecule has 61 heavy (non-hydrogen) atoms. The number of aliphatic hydroxyl groups excluding tert-OH is 1. The molecule has 0 saturated carbocycles. The van der Waals surface area contributed by atoms with E-state index in [1.165, 1.54) is 38.1 Å². The van der Waals surface area contributed by atoms with Gasteiger partial charge in [0.1, 0.15) is 42.3 Å². The van der Waals surface area contributed by atoms with Gasteiger partial charge in [-0.2, -0.15) is 11.8 Å². The third kappa shape index (κ3) is 15.8. The number of aromatic amines is 1. The quantitative estimate of drug-likeness (QED) is 0.0494. The number of aliphatic carboxylic acids is 2. The number of nitrogens with one attached hydrogen (secondary N) is 7. The predicted molar refractivity (Wildman–Crippen MR) is 218 cm³/mol. The van der Waals surface area contributed by atoms with E-state index in [-0.39, 0.29) is 32.2 Å². The first kappa shape index (κ1) is 49.3. The summed E-state index contributed by atoms with van der Waals surface area (Å²) in [5, 5.41) is 43.7. The number of carboxylic acid groups (broad SMARTS) is 2. The highest BCUT2D eigenvalue weighted by molar-refractivity contribution is 7.98. The fourth-order valence-electron chi connectivity index (χ4n) is 6.23. The smallest absolute Gasteiger partial charge is 0.326 e. The van der Waals surface area contributed by atoms with E-state index in [0.717, 1.165) is 4.90 Å². The molecule has 1 saturated heterocycles. The van der Waals surface area contributed by atoms with Crippen molar-refractivity contribution in [1.82, 2.24) is 46.8 Å². The summed E-state index contributed by atoms with van der Waals surface area (Å²) < 4.78 is 0. The predicted octanol–water partition coefficient (Wildman–Crippen LogP) is -3.23. The first-order valence-corrected chi connectivity index (χ1v) is 20.8. The zero-order valence-corrected chi connectivity index (χ0v) is 34.7. The van der Waals surface area contributed by atoms with Crippen molar-refractivity contribution in [2.45, 2.75) is 101 Å². The largest absolute Gasteiger partial charge is 0.481 e. The Morgan fingerprint density at radius 3 is 2.08 bits per heavy atom. The molecule has 1 aromatic carbocycles. The molecule has 1 fully saturated rings. The average Bonchev–Trinajstić information content (AvgIpc) is 3.93. The summed E-state index contributed by atoms with van der Waals surface area (Å²) in [6.45, 7) is 2.04. The first-order valence-electron chi connectivity index (χ1n) is 19.4. The minimum Gasteiger partial charge on any atom is -0.481 e.